The molecular formula is C22H30O2. The first-order valence-electron chi connectivity index (χ1n) is 9.72. The molecule has 3 fully saturated rings. The molecule has 0 radical (unpaired) electrons. The molecule has 0 bridgehead atoms. The van der Waals surface area contributed by atoms with Gasteiger partial charge in [-0.1, -0.05) is 36.6 Å². The van der Waals surface area contributed by atoms with Crippen LogP contribution < -0.4 is 0 Å². The first-order valence-corrected chi connectivity index (χ1v) is 9.72. The van der Waals surface area contributed by atoms with Gasteiger partial charge in [-0.25, -0.2) is 0 Å². The Kier molecular flexibility index (Phi) is 3.75. The summed E-state index contributed by atoms with van der Waals surface area (Å²) >= 11 is 0. The van der Waals surface area contributed by atoms with Crippen molar-refractivity contribution in [1.29, 1.82) is 0 Å². The minimum Gasteiger partial charge on any atom is -0.389 e. The molecule has 4 aliphatic carbocycles. The molecule has 4 aliphatic rings. The van der Waals surface area contributed by atoms with Crippen LogP contribution in [0.25, 0.3) is 0 Å². The van der Waals surface area contributed by atoms with Crippen LogP contribution in [0.5, 0.6) is 0 Å². The lowest BCUT2D eigenvalue weighted by Crippen LogP contribution is -2.54. The van der Waals surface area contributed by atoms with Crippen LogP contribution in [-0.2, 0) is 0 Å². The van der Waals surface area contributed by atoms with E-state index in [0.717, 1.165) is 51.4 Å². The zero-order valence-electron chi connectivity index (χ0n) is 14.8. The molecule has 7 atom stereocenters. The summed E-state index contributed by atoms with van der Waals surface area (Å²) in [5, 5.41) is 21.2. The highest BCUT2D eigenvalue weighted by Gasteiger charge is 2.64. The Labute approximate surface area is 146 Å². The number of allylic oxidation sites excluding steroid dienone is 2. The van der Waals surface area contributed by atoms with E-state index in [4.69, 9.17) is 6.42 Å². The van der Waals surface area contributed by atoms with Crippen molar-refractivity contribution < 1.29 is 10.2 Å². The van der Waals surface area contributed by atoms with E-state index >= 15 is 0 Å². The van der Waals surface area contributed by atoms with E-state index in [-0.39, 0.29) is 11.5 Å². The van der Waals surface area contributed by atoms with Crippen LogP contribution in [0.15, 0.2) is 23.8 Å². The van der Waals surface area contributed by atoms with Gasteiger partial charge in [-0.2, -0.15) is 0 Å². The van der Waals surface area contributed by atoms with Gasteiger partial charge in [0.2, 0.25) is 0 Å². The highest BCUT2D eigenvalue weighted by molar-refractivity contribution is 5.32. The van der Waals surface area contributed by atoms with Gasteiger partial charge in [0.15, 0.2) is 0 Å². The van der Waals surface area contributed by atoms with Crippen molar-refractivity contribution in [2.45, 2.75) is 70.0 Å². The van der Waals surface area contributed by atoms with E-state index < -0.39 is 5.60 Å². The van der Waals surface area contributed by atoms with Crippen molar-refractivity contribution in [1.82, 2.24) is 0 Å². The quantitative estimate of drug-likeness (QED) is 0.568. The van der Waals surface area contributed by atoms with Crippen LogP contribution in [0.1, 0.15) is 58.3 Å². The molecule has 2 N–H and O–H groups in total. The highest BCUT2D eigenvalue weighted by Crippen LogP contribution is 2.67. The van der Waals surface area contributed by atoms with Gasteiger partial charge in [0.05, 0.1) is 6.10 Å². The maximum Gasteiger partial charge on any atom is 0.131 e. The largest absolute Gasteiger partial charge is 0.389 e. The van der Waals surface area contributed by atoms with Crippen molar-refractivity contribution in [3.63, 3.8) is 0 Å². The third kappa shape index (κ3) is 1.98. The fourth-order valence-corrected chi connectivity index (χ4v) is 7.03. The average molecular weight is 326 g/mol. The van der Waals surface area contributed by atoms with Gasteiger partial charge in [-0.15, -0.1) is 6.42 Å². The van der Waals surface area contributed by atoms with E-state index in [1.165, 1.54) is 11.1 Å². The normalized spacial score (nSPS) is 50.3. The standard InChI is InChI=1S/C22H30O2/c1-4-21-13-14(3)20-17-9-7-16(23)12-15(17)6-8-18(20)19(21)10-11-22(21,24)5-2/h2,12,16-20,23-24H,3-4,6-11,13H2,1H3/t16-,17+,18+,19-,20-,21+,22+/m1/s1. The van der Waals surface area contributed by atoms with Gasteiger partial charge in [0.25, 0.3) is 0 Å². The van der Waals surface area contributed by atoms with Crippen molar-refractivity contribution in [3.8, 4) is 12.3 Å². The lowest BCUT2D eigenvalue weighted by atomic mass is 9.48. The number of hydrogen-bond acceptors (Lipinski definition) is 2. The van der Waals surface area contributed by atoms with Gasteiger partial charge >= 0.3 is 0 Å². The minimum absolute atomic E-state index is 0.171. The summed E-state index contributed by atoms with van der Waals surface area (Å²) < 4.78 is 0. The van der Waals surface area contributed by atoms with Crippen LogP contribution in [0, 0.1) is 41.4 Å². The van der Waals surface area contributed by atoms with Gasteiger partial charge in [0, 0.05) is 5.41 Å². The Balaban J connectivity index is 1.73. The smallest absolute Gasteiger partial charge is 0.131 e. The molecule has 130 valence electrons. The van der Waals surface area contributed by atoms with Crippen LogP contribution in [0.3, 0.4) is 0 Å². The van der Waals surface area contributed by atoms with Crippen molar-refractivity contribution >= 4 is 0 Å². The molecular weight excluding hydrogens is 296 g/mol. The Hall–Kier alpha value is -1.04. The number of terminal acetylenes is 1. The molecule has 24 heavy (non-hydrogen) atoms. The van der Waals surface area contributed by atoms with Crippen LogP contribution >= 0.6 is 0 Å². The maximum atomic E-state index is 11.2. The highest BCUT2D eigenvalue weighted by atomic mass is 16.3. The number of fused-ring (bicyclic) bond motifs is 5. The van der Waals surface area contributed by atoms with Crippen molar-refractivity contribution in [2.24, 2.45) is 29.1 Å². The molecule has 0 aliphatic heterocycles. The van der Waals surface area contributed by atoms with E-state index in [2.05, 4.69) is 25.5 Å². The number of aliphatic hydroxyl groups is 2. The topological polar surface area (TPSA) is 40.5 Å². The second-order valence-corrected chi connectivity index (χ2v) is 8.72. The molecule has 3 saturated carbocycles. The predicted molar refractivity (Wildman–Crippen MR) is 96.0 cm³/mol. The first kappa shape index (κ1) is 16.4. The van der Waals surface area contributed by atoms with Gasteiger partial charge in [-0.05, 0) is 75.0 Å². The van der Waals surface area contributed by atoms with E-state index in [1.54, 1.807) is 0 Å². The fraction of sp³-hybridized carbons (Fsp3) is 0.727. The monoisotopic (exact) mass is 326 g/mol. The molecule has 2 heteroatoms. The lowest BCUT2D eigenvalue weighted by Gasteiger charge is -2.57. The van der Waals surface area contributed by atoms with Crippen LogP contribution in [-0.4, -0.2) is 21.9 Å². The zero-order valence-corrected chi connectivity index (χ0v) is 14.8. The van der Waals surface area contributed by atoms with Crippen LogP contribution in [0.2, 0.25) is 0 Å². The fourth-order valence-electron chi connectivity index (χ4n) is 7.03. The number of aliphatic hydroxyl groups excluding tert-OH is 1. The minimum atomic E-state index is -0.959. The van der Waals surface area contributed by atoms with E-state index in [9.17, 15) is 10.2 Å². The third-order valence-corrected chi connectivity index (χ3v) is 8.07. The molecule has 0 heterocycles. The second-order valence-electron chi connectivity index (χ2n) is 8.72. The van der Waals surface area contributed by atoms with Crippen molar-refractivity contribution in [2.75, 3.05) is 0 Å². The molecule has 0 aromatic rings. The molecule has 4 rings (SSSR count). The summed E-state index contributed by atoms with van der Waals surface area (Å²) in [4.78, 5) is 0. The Bertz CT molecular complexity index is 626. The Morgan fingerprint density at radius 1 is 1.33 bits per heavy atom. The van der Waals surface area contributed by atoms with E-state index in [1.807, 2.05) is 0 Å². The van der Waals surface area contributed by atoms with E-state index in [0.29, 0.717) is 23.7 Å². The van der Waals surface area contributed by atoms with Gasteiger partial charge in [-0.3, -0.25) is 0 Å². The third-order valence-electron chi connectivity index (χ3n) is 8.07. The maximum absolute atomic E-state index is 11.2. The zero-order chi connectivity index (χ0) is 17.1. The molecule has 0 spiro atoms. The second kappa shape index (κ2) is 5.48. The molecule has 0 aromatic heterocycles. The first-order chi connectivity index (χ1) is 11.5. The molecule has 0 saturated heterocycles. The molecule has 0 aromatic carbocycles. The molecule has 0 unspecified atom stereocenters. The summed E-state index contributed by atoms with van der Waals surface area (Å²) in [6.07, 6.45) is 15.5. The summed E-state index contributed by atoms with van der Waals surface area (Å²) in [6, 6.07) is 0. The SMILES string of the molecule is C#C[C@]1(O)CC[C@@H]2[C@@H]3CCC4=C[C@H](O)CC[C@@H]4[C@H]3C(=C)C[C@@]21CC. The molecule has 0 amide bonds. The molecule has 2 nitrogen and oxygen atoms in total. The Morgan fingerprint density at radius 3 is 2.83 bits per heavy atom. The van der Waals surface area contributed by atoms with Gasteiger partial charge in [0.1, 0.15) is 5.60 Å². The van der Waals surface area contributed by atoms with Crippen molar-refractivity contribution in [3.05, 3.63) is 23.8 Å². The number of hydrogen-bond donors (Lipinski definition) is 2. The van der Waals surface area contributed by atoms with Crippen LogP contribution in [0.4, 0.5) is 0 Å². The summed E-state index contributed by atoms with van der Waals surface area (Å²) in [6.45, 7) is 6.69. The lowest BCUT2D eigenvalue weighted by molar-refractivity contribution is -0.0794. The van der Waals surface area contributed by atoms with Gasteiger partial charge < -0.3 is 10.2 Å². The predicted octanol–water partition coefficient (Wildman–Crippen LogP) is 3.84. The Morgan fingerprint density at radius 2 is 2.12 bits per heavy atom. The summed E-state index contributed by atoms with van der Waals surface area (Å²) in [5.41, 5.74) is 1.64. The summed E-state index contributed by atoms with van der Waals surface area (Å²) in [7, 11) is 0. The number of rotatable bonds is 1. The average Bonchev–Trinajstić information content (AvgIpc) is 2.88. The summed E-state index contributed by atoms with van der Waals surface area (Å²) in [5.74, 6) is 5.00.